The van der Waals surface area contributed by atoms with E-state index in [4.69, 9.17) is 4.42 Å². The number of carboxylic acid groups (broad SMARTS) is 1. The maximum atomic E-state index is 12.4. The normalized spacial score (nSPS) is 11.1. The van der Waals surface area contributed by atoms with Crippen molar-refractivity contribution in [2.24, 2.45) is 0 Å². The average Bonchev–Trinajstić information content (AvgIpc) is 3.18. The highest BCUT2D eigenvalue weighted by Crippen LogP contribution is 2.17. The number of nitrogens with one attached hydrogen (secondary N) is 1. The lowest BCUT2D eigenvalue weighted by Gasteiger charge is -2.07. The third-order valence-corrected chi connectivity index (χ3v) is 3.89. The summed E-state index contributed by atoms with van der Waals surface area (Å²) < 4.78 is 6.50. The van der Waals surface area contributed by atoms with Gasteiger partial charge in [0.2, 0.25) is 11.7 Å². The third kappa shape index (κ3) is 3.03. The maximum Gasteiger partial charge on any atom is 0.353 e. The number of rotatable bonds is 4. The topological polar surface area (TPSA) is 143 Å². The molecule has 10 heteroatoms. The van der Waals surface area contributed by atoms with E-state index < -0.39 is 17.8 Å². The Morgan fingerprint density at radius 2 is 2.04 bits per heavy atom. The molecule has 0 radical (unpaired) electrons. The van der Waals surface area contributed by atoms with E-state index in [9.17, 15) is 19.8 Å². The predicted octanol–water partition coefficient (Wildman–Crippen LogP) is 1.51. The second-order valence-corrected chi connectivity index (χ2v) is 5.82. The Morgan fingerprint density at radius 1 is 1.22 bits per heavy atom. The number of oxazole rings is 1. The highest BCUT2D eigenvalue weighted by atomic mass is 16.4. The van der Waals surface area contributed by atoms with E-state index in [0.717, 1.165) is 22.2 Å². The van der Waals surface area contributed by atoms with Crippen LogP contribution in [0.25, 0.3) is 16.9 Å². The fourth-order valence-corrected chi connectivity index (χ4v) is 2.71. The van der Waals surface area contributed by atoms with Crippen LogP contribution in [0.15, 0.2) is 34.9 Å². The molecule has 4 rings (SSSR count). The smallest absolute Gasteiger partial charge is 0.353 e. The predicted molar refractivity (Wildman–Crippen MR) is 91.5 cm³/mol. The molecule has 0 unspecified atom stereocenters. The van der Waals surface area contributed by atoms with E-state index in [1.807, 2.05) is 0 Å². The lowest BCUT2D eigenvalue weighted by atomic mass is 10.2. The minimum absolute atomic E-state index is 0.0861. The fourth-order valence-electron chi connectivity index (χ4n) is 2.71. The van der Waals surface area contributed by atoms with Crippen LogP contribution in [0.5, 0.6) is 5.88 Å². The van der Waals surface area contributed by atoms with Crippen molar-refractivity contribution < 1.29 is 24.2 Å². The van der Waals surface area contributed by atoms with Gasteiger partial charge in [-0.3, -0.25) is 9.20 Å². The molecular weight excluding hydrogens is 354 g/mol. The van der Waals surface area contributed by atoms with Crippen LogP contribution >= 0.6 is 0 Å². The molecule has 1 aromatic carbocycles. The summed E-state index contributed by atoms with van der Waals surface area (Å²) in [6, 6.07) is 6.46. The number of hydrogen-bond acceptors (Lipinski definition) is 7. The molecule has 0 aliphatic rings. The Morgan fingerprint density at radius 3 is 2.81 bits per heavy atom. The number of carbonyl (C=O) groups excluding carboxylic acids is 1. The lowest BCUT2D eigenvalue weighted by molar-refractivity contribution is 0.0688. The summed E-state index contributed by atoms with van der Waals surface area (Å²) in [7, 11) is 0. The molecule has 0 bridgehead atoms. The van der Waals surface area contributed by atoms with Crippen LogP contribution in [0.4, 0.5) is 0 Å². The Balaban J connectivity index is 1.59. The summed E-state index contributed by atoms with van der Waals surface area (Å²) in [4.78, 5) is 35.7. The van der Waals surface area contributed by atoms with Crippen molar-refractivity contribution in [3.63, 3.8) is 0 Å². The number of aryl methyl sites for hydroxylation is 1. The number of aromatic nitrogens is 4. The summed E-state index contributed by atoms with van der Waals surface area (Å²) in [6.45, 7) is 1.94. The third-order valence-electron chi connectivity index (χ3n) is 3.89. The fraction of sp³-hybridized carbons (Fsp3) is 0.118. The zero-order chi connectivity index (χ0) is 19.1. The van der Waals surface area contributed by atoms with Gasteiger partial charge in [0.05, 0.1) is 6.20 Å². The number of benzene rings is 1. The van der Waals surface area contributed by atoms with Gasteiger partial charge in [-0.05, 0) is 17.7 Å². The van der Waals surface area contributed by atoms with Crippen molar-refractivity contribution in [1.82, 2.24) is 24.7 Å². The van der Waals surface area contributed by atoms with Crippen LogP contribution < -0.4 is 5.32 Å². The number of carbonyl (C=O) groups is 2. The Kier molecular flexibility index (Phi) is 3.73. The number of aromatic carboxylic acids is 1. The van der Waals surface area contributed by atoms with Crippen LogP contribution in [-0.2, 0) is 6.54 Å². The number of hydrogen-bond donors (Lipinski definition) is 3. The summed E-state index contributed by atoms with van der Waals surface area (Å²) in [6.07, 6.45) is 1.11. The van der Waals surface area contributed by atoms with Crippen LogP contribution in [0.1, 0.15) is 32.4 Å². The highest BCUT2D eigenvalue weighted by molar-refractivity contribution is 5.96. The SMILES string of the molecule is Cc1nc2cc(CNC(=O)c3cc(C(=O)O)n4cc(O)nc4n3)ccc2o1. The molecule has 10 nitrogen and oxygen atoms in total. The van der Waals surface area contributed by atoms with Crippen molar-refractivity contribution in [3.05, 3.63) is 53.3 Å². The zero-order valence-corrected chi connectivity index (χ0v) is 14.0. The van der Waals surface area contributed by atoms with Crippen molar-refractivity contribution in [2.75, 3.05) is 0 Å². The average molecular weight is 367 g/mol. The Hall–Kier alpha value is -3.95. The molecule has 27 heavy (non-hydrogen) atoms. The van der Waals surface area contributed by atoms with Gasteiger partial charge in [0.15, 0.2) is 11.5 Å². The molecule has 4 aromatic rings. The van der Waals surface area contributed by atoms with Gasteiger partial charge in [0.1, 0.15) is 16.9 Å². The monoisotopic (exact) mass is 367 g/mol. The first-order valence-electron chi connectivity index (χ1n) is 7.87. The standard InChI is InChI=1S/C17H13N5O5/c1-8-19-10-4-9(2-3-13(10)27-8)6-18-15(24)11-5-12(16(25)26)22-7-14(23)21-17(22)20-11/h2-5,7,23H,6H2,1H3,(H,18,24)(H,25,26). The molecule has 0 aliphatic heterocycles. The van der Waals surface area contributed by atoms with Gasteiger partial charge in [0.25, 0.3) is 5.91 Å². The summed E-state index contributed by atoms with van der Waals surface area (Å²) in [5, 5.41) is 21.4. The molecule has 0 fully saturated rings. The van der Waals surface area contributed by atoms with E-state index in [1.165, 1.54) is 0 Å². The Labute approximate surface area is 151 Å². The second-order valence-electron chi connectivity index (χ2n) is 5.82. The first-order chi connectivity index (χ1) is 12.9. The van der Waals surface area contributed by atoms with Gasteiger partial charge in [-0.15, -0.1) is 0 Å². The highest BCUT2D eigenvalue weighted by Gasteiger charge is 2.18. The van der Waals surface area contributed by atoms with Gasteiger partial charge in [-0.2, -0.15) is 4.98 Å². The molecule has 0 spiro atoms. The second kappa shape index (κ2) is 6.09. The first kappa shape index (κ1) is 16.5. The maximum absolute atomic E-state index is 12.4. The Bertz CT molecular complexity index is 1210. The summed E-state index contributed by atoms with van der Waals surface area (Å²) >= 11 is 0. The number of amides is 1. The van der Waals surface area contributed by atoms with Crippen LogP contribution in [0.3, 0.4) is 0 Å². The molecule has 3 N–H and O–H groups in total. The van der Waals surface area contributed by atoms with Crippen molar-refractivity contribution >= 4 is 28.8 Å². The number of aromatic hydroxyl groups is 1. The van der Waals surface area contributed by atoms with Crippen LogP contribution in [0.2, 0.25) is 0 Å². The number of imidazole rings is 1. The summed E-state index contributed by atoms with van der Waals surface area (Å²) in [5.41, 5.74) is 1.77. The number of fused-ring (bicyclic) bond motifs is 2. The first-order valence-corrected chi connectivity index (χ1v) is 7.87. The number of carboxylic acids is 1. The molecular formula is C17H13N5O5. The van der Waals surface area contributed by atoms with Gasteiger partial charge in [0, 0.05) is 19.5 Å². The van der Waals surface area contributed by atoms with Crippen molar-refractivity contribution in [1.29, 1.82) is 0 Å². The van der Waals surface area contributed by atoms with Crippen LogP contribution in [-0.4, -0.2) is 41.4 Å². The lowest BCUT2D eigenvalue weighted by Crippen LogP contribution is -2.25. The van der Waals surface area contributed by atoms with E-state index >= 15 is 0 Å². The molecule has 1 amide bonds. The van der Waals surface area contributed by atoms with Crippen molar-refractivity contribution in [3.8, 4) is 5.88 Å². The number of nitrogens with zero attached hydrogens (tertiary/aromatic N) is 4. The van der Waals surface area contributed by atoms with Crippen molar-refractivity contribution in [2.45, 2.75) is 13.5 Å². The van der Waals surface area contributed by atoms with E-state index in [0.29, 0.717) is 17.0 Å². The minimum Gasteiger partial charge on any atom is -0.492 e. The molecule has 0 atom stereocenters. The molecule has 136 valence electrons. The molecule has 0 saturated carbocycles. The molecule has 0 aliphatic carbocycles. The molecule has 3 heterocycles. The molecule has 0 saturated heterocycles. The van der Waals surface area contributed by atoms with E-state index in [-0.39, 0.29) is 23.7 Å². The molecule has 3 aromatic heterocycles. The van der Waals surface area contributed by atoms with Gasteiger partial charge in [-0.25, -0.2) is 14.8 Å². The minimum atomic E-state index is -1.28. The van der Waals surface area contributed by atoms with Gasteiger partial charge in [-0.1, -0.05) is 6.07 Å². The quantitative estimate of drug-likeness (QED) is 0.492. The largest absolute Gasteiger partial charge is 0.492 e. The van der Waals surface area contributed by atoms with E-state index in [2.05, 4.69) is 20.3 Å². The summed E-state index contributed by atoms with van der Waals surface area (Å²) in [5.74, 6) is -1.77. The zero-order valence-electron chi connectivity index (χ0n) is 14.0. The van der Waals surface area contributed by atoms with Gasteiger partial charge < -0.3 is 19.9 Å². The van der Waals surface area contributed by atoms with Crippen LogP contribution in [0, 0.1) is 6.92 Å². The van der Waals surface area contributed by atoms with E-state index in [1.54, 1.807) is 25.1 Å². The van der Waals surface area contributed by atoms with Gasteiger partial charge >= 0.3 is 5.97 Å².